The van der Waals surface area contributed by atoms with Crippen LogP contribution in [0.2, 0.25) is 0 Å². The van der Waals surface area contributed by atoms with E-state index >= 15 is 0 Å². The first kappa shape index (κ1) is 14.1. The lowest BCUT2D eigenvalue weighted by atomic mass is 10.1. The molecule has 2 heterocycles. The monoisotopic (exact) mass is 291 g/mol. The summed E-state index contributed by atoms with van der Waals surface area (Å²) in [4.78, 5) is 13.5. The maximum absolute atomic E-state index is 11.4. The van der Waals surface area contributed by atoms with Gasteiger partial charge < -0.3 is 19.4 Å². The van der Waals surface area contributed by atoms with Crippen LogP contribution in [0.4, 0.5) is 0 Å². The zero-order valence-electron chi connectivity index (χ0n) is 11.5. The number of carboxylic acid groups (broad SMARTS) is 1. The number of para-hydroxylation sites is 1. The minimum absolute atomic E-state index is 0.0109. The molecule has 1 aromatic carbocycles. The van der Waals surface area contributed by atoms with E-state index in [1.54, 1.807) is 6.07 Å². The summed E-state index contributed by atoms with van der Waals surface area (Å²) < 4.78 is 10.9. The van der Waals surface area contributed by atoms with Gasteiger partial charge in [-0.25, -0.2) is 4.79 Å². The minimum atomic E-state index is -1.06. The number of morpholine rings is 1. The summed E-state index contributed by atoms with van der Waals surface area (Å²) in [6.07, 6.45) is -0.217. The summed E-state index contributed by atoms with van der Waals surface area (Å²) in [5, 5.41) is 19.3. The zero-order valence-corrected chi connectivity index (χ0v) is 11.5. The number of rotatable bonds is 4. The highest BCUT2D eigenvalue weighted by molar-refractivity contribution is 5.95. The number of hydrogen-bond donors (Lipinski definition) is 2. The molecule has 1 saturated heterocycles. The van der Waals surface area contributed by atoms with Crippen molar-refractivity contribution in [1.29, 1.82) is 0 Å². The third-order valence-electron chi connectivity index (χ3n) is 3.70. The standard InChI is InChI=1S/C15H17NO5/c17-9-10-7-16(5-6-20-10)8-12-11-3-1-2-4-13(11)21-14(12)15(18)19/h1-4,10,17H,5-9H2,(H,18,19). The first-order valence-electron chi connectivity index (χ1n) is 6.87. The third-order valence-corrected chi connectivity index (χ3v) is 3.70. The number of hydrogen-bond acceptors (Lipinski definition) is 5. The SMILES string of the molecule is O=C(O)c1oc2ccccc2c1CN1CCOC(CO)C1. The van der Waals surface area contributed by atoms with Crippen molar-refractivity contribution in [1.82, 2.24) is 4.90 Å². The van der Waals surface area contributed by atoms with Crippen molar-refractivity contribution < 1.29 is 24.2 Å². The summed E-state index contributed by atoms with van der Waals surface area (Å²) in [6.45, 7) is 2.25. The van der Waals surface area contributed by atoms with Gasteiger partial charge in [0.15, 0.2) is 0 Å². The lowest BCUT2D eigenvalue weighted by Gasteiger charge is -2.31. The second kappa shape index (κ2) is 5.85. The fourth-order valence-corrected chi connectivity index (χ4v) is 2.69. The van der Waals surface area contributed by atoms with Crippen molar-refractivity contribution >= 4 is 16.9 Å². The quantitative estimate of drug-likeness (QED) is 0.884. The molecule has 2 N–H and O–H groups in total. The smallest absolute Gasteiger partial charge is 0.372 e. The molecule has 1 aromatic heterocycles. The van der Waals surface area contributed by atoms with Crippen LogP contribution in [0.3, 0.4) is 0 Å². The fourth-order valence-electron chi connectivity index (χ4n) is 2.69. The Hall–Kier alpha value is -1.89. The lowest BCUT2D eigenvalue weighted by Crippen LogP contribution is -2.43. The van der Waals surface area contributed by atoms with Crippen LogP contribution in [0.25, 0.3) is 11.0 Å². The van der Waals surface area contributed by atoms with Gasteiger partial charge in [0.05, 0.1) is 19.3 Å². The van der Waals surface area contributed by atoms with Gasteiger partial charge in [0.1, 0.15) is 5.58 Å². The molecule has 3 rings (SSSR count). The molecular formula is C15H17NO5. The van der Waals surface area contributed by atoms with Gasteiger partial charge in [-0.05, 0) is 6.07 Å². The Bertz CT molecular complexity index is 651. The Morgan fingerprint density at radius 2 is 2.19 bits per heavy atom. The van der Waals surface area contributed by atoms with Gasteiger partial charge in [0.25, 0.3) is 0 Å². The number of aliphatic hydroxyl groups excluding tert-OH is 1. The van der Waals surface area contributed by atoms with Crippen molar-refractivity contribution in [2.75, 3.05) is 26.3 Å². The highest BCUT2D eigenvalue weighted by Gasteiger charge is 2.25. The predicted octanol–water partition coefficient (Wildman–Crippen LogP) is 1.32. The molecule has 0 amide bonds. The summed E-state index contributed by atoms with van der Waals surface area (Å²) in [7, 11) is 0. The molecule has 0 spiro atoms. The number of carbonyl (C=O) groups is 1. The molecule has 1 unspecified atom stereocenters. The van der Waals surface area contributed by atoms with Gasteiger partial charge >= 0.3 is 5.97 Å². The van der Waals surface area contributed by atoms with Gasteiger partial charge in [-0.15, -0.1) is 0 Å². The van der Waals surface area contributed by atoms with E-state index in [2.05, 4.69) is 4.90 Å². The fraction of sp³-hybridized carbons (Fsp3) is 0.400. The molecule has 2 aromatic rings. The molecule has 21 heavy (non-hydrogen) atoms. The van der Waals surface area contributed by atoms with Crippen LogP contribution in [0.5, 0.6) is 0 Å². The molecule has 1 atom stereocenters. The van der Waals surface area contributed by atoms with Gasteiger partial charge in [-0.1, -0.05) is 18.2 Å². The molecule has 6 heteroatoms. The van der Waals surface area contributed by atoms with Crippen molar-refractivity contribution in [3.63, 3.8) is 0 Å². The number of benzene rings is 1. The first-order valence-corrected chi connectivity index (χ1v) is 6.87. The summed E-state index contributed by atoms with van der Waals surface area (Å²) in [5.74, 6) is -1.07. The second-order valence-corrected chi connectivity index (χ2v) is 5.12. The van der Waals surface area contributed by atoms with Gasteiger partial charge in [-0.2, -0.15) is 0 Å². The van der Waals surface area contributed by atoms with Crippen molar-refractivity contribution in [2.24, 2.45) is 0 Å². The molecule has 0 radical (unpaired) electrons. The molecule has 112 valence electrons. The van der Waals surface area contributed by atoms with E-state index in [0.717, 1.165) is 5.39 Å². The zero-order chi connectivity index (χ0) is 14.8. The summed E-state index contributed by atoms with van der Waals surface area (Å²) in [5.41, 5.74) is 1.26. The summed E-state index contributed by atoms with van der Waals surface area (Å²) in [6, 6.07) is 7.31. The number of carboxylic acids is 1. The van der Waals surface area contributed by atoms with Crippen molar-refractivity contribution in [3.8, 4) is 0 Å². The number of fused-ring (bicyclic) bond motifs is 1. The second-order valence-electron chi connectivity index (χ2n) is 5.12. The van der Waals surface area contributed by atoms with Gasteiger partial charge in [0.2, 0.25) is 5.76 Å². The number of ether oxygens (including phenoxy) is 1. The first-order chi connectivity index (χ1) is 10.2. The normalized spacial score (nSPS) is 20.0. The van der Waals surface area contributed by atoms with E-state index in [4.69, 9.17) is 9.15 Å². The topological polar surface area (TPSA) is 83.1 Å². The Labute approximate surface area is 121 Å². The molecule has 1 aliphatic rings. The Morgan fingerprint density at radius 1 is 1.38 bits per heavy atom. The van der Waals surface area contributed by atoms with Crippen LogP contribution in [-0.2, 0) is 11.3 Å². The van der Waals surface area contributed by atoms with Crippen LogP contribution >= 0.6 is 0 Å². The van der Waals surface area contributed by atoms with Crippen LogP contribution in [0, 0.1) is 0 Å². The molecular weight excluding hydrogens is 274 g/mol. The van der Waals surface area contributed by atoms with E-state index in [0.29, 0.717) is 37.4 Å². The lowest BCUT2D eigenvalue weighted by molar-refractivity contribution is -0.0551. The highest BCUT2D eigenvalue weighted by Crippen LogP contribution is 2.27. The Balaban J connectivity index is 1.91. The molecule has 0 saturated carbocycles. The molecule has 6 nitrogen and oxygen atoms in total. The van der Waals surface area contributed by atoms with Crippen LogP contribution in [0.1, 0.15) is 16.1 Å². The van der Waals surface area contributed by atoms with E-state index in [1.165, 1.54) is 0 Å². The molecule has 0 aliphatic carbocycles. The van der Waals surface area contributed by atoms with Crippen LogP contribution in [0.15, 0.2) is 28.7 Å². The highest BCUT2D eigenvalue weighted by atomic mass is 16.5. The average Bonchev–Trinajstić information content (AvgIpc) is 2.87. The number of furan rings is 1. The predicted molar refractivity (Wildman–Crippen MR) is 75.3 cm³/mol. The number of aromatic carboxylic acids is 1. The van der Waals surface area contributed by atoms with E-state index in [1.807, 2.05) is 18.2 Å². The average molecular weight is 291 g/mol. The van der Waals surface area contributed by atoms with Gasteiger partial charge in [-0.3, -0.25) is 4.90 Å². The molecule has 1 fully saturated rings. The van der Waals surface area contributed by atoms with Gasteiger partial charge in [0, 0.05) is 30.6 Å². The molecule has 1 aliphatic heterocycles. The summed E-state index contributed by atoms with van der Waals surface area (Å²) >= 11 is 0. The maximum atomic E-state index is 11.4. The van der Waals surface area contributed by atoms with E-state index in [-0.39, 0.29) is 18.5 Å². The van der Waals surface area contributed by atoms with Crippen molar-refractivity contribution in [3.05, 3.63) is 35.6 Å². The number of aliphatic hydroxyl groups is 1. The number of nitrogens with zero attached hydrogens (tertiary/aromatic N) is 1. The van der Waals surface area contributed by atoms with E-state index in [9.17, 15) is 15.0 Å². The Kier molecular flexibility index (Phi) is 3.92. The largest absolute Gasteiger partial charge is 0.475 e. The van der Waals surface area contributed by atoms with E-state index < -0.39 is 5.97 Å². The van der Waals surface area contributed by atoms with Crippen LogP contribution < -0.4 is 0 Å². The Morgan fingerprint density at radius 3 is 2.95 bits per heavy atom. The minimum Gasteiger partial charge on any atom is -0.475 e. The molecule has 0 bridgehead atoms. The third kappa shape index (κ3) is 2.78. The van der Waals surface area contributed by atoms with Crippen molar-refractivity contribution in [2.45, 2.75) is 12.6 Å². The van der Waals surface area contributed by atoms with Crippen LogP contribution in [-0.4, -0.2) is 53.5 Å². The maximum Gasteiger partial charge on any atom is 0.372 e.